The molecule has 1 aromatic carbocycles. The number of rotatable bonds is 9. The maximum Gasteiger partial charge on any atom is 0.221 e. The highest BCUT2D eigenvalue weighted by atomic mass is 35.5. The van der Waals surface area contributed by atoms with Crippen LogP contribution in [-0.4, -0.2) is 38.6 Å². The van der Waals surface area contributed by atoms with Crippen molar-refractivity contribution in [3.8, 4) is 5.75 Å². The van der Waals surface area contributed by atoms with Gasteiger partial charge in [0.25, 0.3) is 0 Å². The van der Waals surface area contributed by atoms with Gasteiger partial charge in [-0.25, -0.2) is 0 Å². The topological polar surface area (TPSA) is 79.5 Å². The molecule has 3 N–H and O–H groups in total. The number of anilines is 1. The maximum absolute atomic E-state index is 11.5. The molecule has 0 atom stereocenters. The van der Waals surface area contributed by atoms with Crippen molar-refractivity contribution >= 4 is 29.9 Å². The average molecular weight is 330 g/mol. The lowest BCUT2D eigenvalue weighted by Gasteiger charge is -2.09. The maximum atomic E-state index is 11.5. The van der Waals surface area contributed by atoms with Crippen molar-refractivity contribution in [2.45, 2.75) is 19.8 Å². The van der Waals surface area contributed by atoms with Gasteiger partial charge in [0.1, 0.15) is 12.4 Å². The summed E-state index contributed by atoms with van der Waals surface area (Å²) < 4.78 is 5.53. The highest BCUT2D eigenvalue weighted by Crippen LogP contribution is 2.16. The minimum atomic E-state index is -0.124. The van der Waals surface area contributed by atoms with Crippen LogP contribution in [0.5, 0.6) is 5.75 Å². The number of hydrogen-bond acceptors (Lipinski definition) is 4. The zero-order valence-corrected chi connectivity index (χ0v) is 13.8. The lowest BCUT2D eigenvalue weighted by atomic mass is 10.3. The molecule has 2 amide bonds. The first-order valence-corrected chi connectivity index (χ1v) is 7.03. The second-order valence-corrected chi connectivity index (χ2v) is 4.61. The van der Waals surface area contributed by atoms with Crippen LogP contribution in [0.1, 0.15) is 19.8 Å². The highest BCUT2D eigenvalue weighted by molar-refractivity contribution is 5.88. The quantitative estimate of drug-likeness (QED) is 0.601. The molecule has 1 aromatic rings. The molecule has 0 saturated carbocycles. The third-order valence-corrected chi connectivity index (χ3v) is 2.68. The Morgan fingerprint density at radius 2 is 2.00 bits per heavy atom. The number of hydrogen-bond donors (Lipinski definition) is 3. The van der Waals surface area contributed by atoms with Crippen LogP contribution in [0.2, 0.25) is 0 Å². The third kappa shape index (κ3) is 9.20. The van der Waals surface area contributed by atoms with Crippen LogP contribution in [0.4, 0.5) is 5.69 Å². The van der Waals surface area contributed by atoms with Gasteiger partial charge in [-0.3, -0.25) is 9.59 Å². The second kappa shape index (κ2) is 11.8. The molecule has 1 rings (SSSR count). The smallest absolute Gasteiger partial charge is 0.221 e. The first-order chi connectivity index (χ1) is 10.1. The van der Waals surface area contributed by atoms with Gasteiger partial charge >= 0.3 is 0 Å². The third-order valence-electron chi connectivity index (χ3n) is 2.68. The summed E-state index contributed by atoms with van der Waals surface area (Å²) >= 11 is 0. The van der Waals surface area contributed by atoms with Crippen LogP contribution in [0, 0.1) is 0 Å². The zero-order chi connectivity index (χ0) is 15.5. The fourth-order valence-corrected chi connectivity index (χ4v) is 1.74. The normalized spacial score (nSPS) is 9.55. The van der Waals surface area contributed by atoms with Gasteiger partial charge in [-0.1, -0.05) is 6.07 Å². The molecule has 0 fully saturated rings. The minimum Gasteiger partial charge on any atom is -0.492 e. The van der Waals surface area contributed by atoms with E-state index in [0.29, 0.717) is 31.0 Å². The van der Waals surface area contributed by atoms with E-state index in [9.17, 15) is 9.59 Å². The highest BCUT2D eigenvalue weighted by Gasteiger charge is 2.01. The van der Waals surface area contributed by atoms with Gasteiger partial charge < -0.3 is 20.7 Å². The molecule has 0 spiro atoms. The van der Waals surface area contributed by atoms with Crippen molar-refractivity contribution in [3.63, 3.8) is 0 Å². The van der Waals surface area contributed by atoms with Crippen molar-refractivity contribution in [2.24, 2.45) is 0 Å². The minimum absolute atomic E-state index is 0. The first-order valence-electron chi connectivity index (χ1n) is 7.03. The van der Waals surface area contributed by atoms with Crippen LogP contribution < -0.4 is 20.7 Å². The van der Waals surface area contributed by atoms with Crippen LogP contribution >= 0.6 is 12.4 Å². The van der Waals surface area contributed by atoms with Gasteiger partial charge in [-0.2, -0.15) is 0 Å². The number of benzene rings is 1. The van der Waals surface area contributed by atoms with E-state index >= 15 is 0 Å². The first kappa shape index (κ1) is 20.2. The number of ether oxygens (including phenoxy) is 1. The Kier molecular flexibility index (Phi) is 10.9. The average Bonchev–Trinajstić information content (AvgIpc) is 2.44. The van der Waals surface area contributed by atoms with E-state index in [1.807, 2.05) is 7.05 Å². The van der Waals surface area contributed by atoms with Gasteiger partial charge in [-0.15, -0.1) is 12.4 Å². The van der Waals surface area contributed by atoms with Gasteiger partial charge in [0.2, 0.25) is 11.8 Å². The molecule has 22 heavy (non-hydrogen) atoms. The fraction of sp³-hybridized carbons (Fsp3) is 0.467. The number of carbonyl (C=O) groups excluding carboxylic acids is 2. The van der Waals surface area contributed by atoms with E-state index in [1.54, 1.807) is 24.3 Å². The van der Waals surface area contributed by atoms with E-state index in [1.165, 1.54) is 6.92 Å². The second-order valence-electron chi connectivity index (χ2n) is 4.61. The summed E-state index contributed by atoms with van der Waals surface area (Å²) in [5, 5.41) is 8.48. The Morgan fingerprint density at radius 1 is 1.23 bits per heavy atom. The molecular formula is C15H24ClN3O3. The van der Waals surface area contributed by atoms with Crippen LogP contribution in [0.25, 0.3) is 0 Å². The Balaban J connectivity index is 0.00000441. The summed E-state index contributed by atoms with van der Waals surface area (Å²) in [6, 6.07) is 7.14. The summed E-state index contributed by atoms with van der Waals surface area (Å²) in [5.41, 5.74) is 0.691. The van der Waals surface area contributed by atoms with Crippen LogP contribution in [0.15, 0.2) is 24.3 Å². The number of amides is 2. The largest absolute Gasteiger partial charge is 0.492 e. The molecular weight excluding hydrogens is 306 g/mol. The van der Waals surface area contributed by atoms with Gasteiger partial charge in [0.05, 0.1) is 6.54 Å². The molecule has 0 radical (unpaired) electrons. The summed E-state index contributed by atoms with van der Waals surface area (Å²) in [4.78, 5) is 22.4. The lowest BCUT2D eigenvalue weighted by Crippen LogP contribution is -2.28. The molecule has 6 nitrogen and oxygen atoms in total. The molecule has 0 aliphatic carbocycles. The van der Waals surface area contributed by atoms with Crippen molar-refractivity contribution in [2.75, 3.05) is 32.1 Å². The SMILES string of the molecule is CNCCCC(=O)NCCOc1cccc(NC(C)=O)c1.Cl. The van der Waals surface area contributed by atoms with Crippen molar-refractivity contribution in [3.05, 3.63) is 24.3 Å². The molecule has 0 saturated heterocycles. The molecule has 0 heterocycles. The summed E-state index contributed by atoms with van der Waals surface area (Å²) in [5.74, 6) is 0.563. The summed E-state index contributed by atoms with van der Waals surface area (Å²) in [6.07, 6.45) is 1.33. The van der Waals surface area contributed by atoms with E-state index < -0.39 is 0 Å². The molecule has 0 aromatic heterocycles. The number of carbonyl (C=O) groups is 2. The van der Waals surface area contributed by atoms with Crippen LogP contribution in [0.3, 0.4) is 0 Å². The summed E-state index contributed by atoms with van der Waals surface area (Å²) in [6.45, 7) is 3.14. The molecule has 0 aliphatic heterocycles. The Morgan fingerprint density at radius 3 is 2.68 bits per heavy atom. The predicted octanol–water partition coefficient (Wildman–Crippen LogP) is 1.56. The van der Waals surface area contributed by atoms with Crippen molar-refractivity contribution in [1.29, 1.82) is 0 Å². The number of nitrogens with one attached hydrogen (secondary N) is 3. The fourth-order valence-electron chi connectivity index (χ4n) is 1.74. The van der Waals surface area contributed by atoms with Gasteiger partial charge in [0, 0.05) is 25.1 Å². The molecule has 124 valence electrons. The van der Waals surface area contributed by atoms with Crippen molar-refractivity contribution < 1.29 is 14.3 Å². The van der Waals surface area contributed by atoms with Gasteiger partial charge in [-0.05, 0) is 32.1 Å². The molecule has 0 aliphatic rings. The van der Waals surface area contributed by atoms with Crippen molar-refractivity contribution in [1.82, 2.24) is 10.6 Å². The number of halogens is 1. The molecule has 7 heteroatoms. The predicted molar refractivity (Wildman–Crippen MR) is 89.7 cm³/mol. The van der Waals surface area contributed by atoms with E-state index in [-0.39, 0.29) is 24.2 Å². The Bertz CT molecular complexity index is 469. The monoisotopic (exact) mass is 329 g/mol. The Hall–Kier alpha value is -1.79. The summed E-state index contributed by atoms with van der Waals surface area (Å²) in [7, 11) is 1.86. The lowest BCUT2D eigenvalue weighted by molar-refractivity contribution is -0.121. The van der Waals surface area contributed by atoms with Crippen LogP contribution in [-0.2, 0) is 9.59 Å². The van der Waals surface area contributed by atoms with Gasteiger partial charge in [0.15, 0.2) is 0 Å². The zero-order valence-electron chi connectivity index (χ0n) is 13.0. The van der Waals surface area contributed by atoms with E-state index in [2.05, 4.69) is 16.0 Å². The molecule has 0 bridgehead atoms. The Labute approximate surface area is 137 Å². The van der Waals surface area contributed by atoms with E-state index in [4.69, 9.17) is 4.74 Å². The standard InChI is InChI=1S/C15H23N3O3.ClH/c1-12(19)18-13-5-3-6-14(11-13)21-10-9-17-15(20)7-4-8-16-2;/h3,5-6,11,16H,4,7-10H2,1-2H3,(H,17,20)(H,18,19);1H. The van der Waals surface area contributed by atoms with E-state index in [0.717, 1.165) is 13.0 Å². The molecule has 0 unspecified atom stereocenters.